The standard InChI is InChI=1S/C27H29N3O5S/c1-27(2)26(32)24(25-18(15-23(28)31)8-5-13-29-25)20-16-19(11-12-22(20)35-27)36(33,34)30-14-6-9-17-7-3-4-10-21(17)30/h3-5,7-8,10-13,16,24,26,32H,6,9,14-15H2,1-2H3,(H2,28,31)/t24-,26-/m1/s1. The molecule has 3 N–H and O–H groups in total. The summed E-state index contributed by atoms with van der Waals surface area (Å²) in [5, 5.41) is 11.4. The quantitative estimate of drug-likeness (QED) is 0.548. The summed E-state index contributed by atoms with van der Waals surface area (Å²) < 4.78 is 35.2. The summed E-state index contributed by atoms with van der Waals surface area (Å²) in [6.07, 6.45) is 2.03. The van der Waals surface area contributed by atoms with Crippen LogP contribution in [-0.4, -0.2) is 42.7 Å². The minimum Gasteiger partial charge on any atom is -0.485 e. The number of para-hydroxylation sites is 1. The molecule has 9 heteroatoms. The van der Waals surface area contributed by atoms with Gasteiger partial charge in [-0.05, 0) is 68.1 Å². The second-order valence-corrected chi connectivity index (χ2v) is 11.7. The number of sulfonamides is 1. The van der Waals surface area contributed by atoms with Crippen LogP contribution in [0, 0.1) is 0 Å². The van der Waals surface area contributed by atoms with Gasteiger partial charge in [-0.2, -0.15) is 0 Å². The first-order valence-electron chi connectivity index (χ1n) is 11.9. The van der Waals surface area contributed by atoms with E-state index in [1.54, 1.807) is 50.4 Å². The number of hydrogen-bond acceptors (Lipinski definition) is 6. The van der Waals surface area contributed by atoms with Gasteiger partial charge in [-0.15, -0.1) is 0 Å². The van der Waals surface area contributed by atoms with Gasteiger partial charge in [-0.25, -0.2) is 8.42 Å². The third-order valence-electron chi connectivity index (χ3n) is 6.96. The van der Waals surface area contributed by atoms with Crippen molar-refractivity contribution in [1.82, 2.24) is 4.98 Å². The maximum absolute atomic E-state index is 13.8. The highest BCUT2D eigenvalue weighted by atomic mass is 32.2. The molecule has 0 saturated carbocycles. The first-order valence-corrected chi connectivity index (χ1v) is 13.4. The van der Waals surface area contributed by atoms with Gasteiger partial charge in [0.25, 0.3) is 10.0 Å². The summed E-state index contributed by atoms with van der Waals surface area (Å²) in [5.41, 5.74) is 7.72. The van der Waals surface area contributed by atoms with E-state index >= 15 is 0 Å². The summed E-state index contributed by atoms with van der Waals surface area (Å²) in [5.74, 6) is -0.780. The van der Waals surface area contributed by atoms with E-state index in [2.05, 4.69) is 4.98 Å². The number of nitrogens with two attached hydrogens (primary N) is 1. The SMILES string of the molecule is CC1(C)Oc2ccc(S(=O)(=O)N3CCCc4ccccc43)cc2[C@H](c2ncccc2CC(N)=O)[C@H]1O. The molecule has 3 aromatic rings. The lowest BCUT2D eigenvalue weighted by molar-refractivity contribution is -0.117. The molecular weight excluding hydrogens is 478 g/mol. The number of aryl methyl sites for hydroxylation is 1. The van der Waals surface area contributed by atoms with Gasteiger partial charge in [0.1, 0.15) is 17.5 Å². The fourth-order valence-electron chi connectivity index (χ4n) is 5.18. The van der Waals surface area contributed by atoms with Gasteiger partial charge in [0.15, 0.2) is 0 Å². The molecular formula is C27H29N3O5S. The van der Waals surface area contributed by atoms with E-state index in [4.69, 9.17) is 10.5 Å². The number of aromatic nitrogens is 1. The minimum absolute atomic E-state index is 0.0500. The number of nitrogens with zero attached hydrogens (tertiary/aromatic N) is 2. The largest absolute Gasteiger partial charge is 0.485 e. The van der Waals surface area contributed by atoms with Crippen molar-refractivity contribution in [3.8, 4) is 5.75 Å². The summed E-state index contributed by atoms with van der Waals surface area (Å²) in [6, 6.07) is 15.7. The number of fused-ring (bicyclic) bond motifs is 2. The maximum atomic E-state index is 13.8. The molecule has 0 fully saturated rings. The Bertz CT molecular complexity index is 1440. The highest BCUT2D eigenvalue weighted by Gasteiger charge is 2.45. The molecule has 1 amide bonds. The number of hydrogen-bond donors (Lipinski definition) is 2. The summed E-state index contributed by atoms with van der Waals surface area (Å²) in [6.45, 7) is 3.91. The van der Waals surface area contributed by atoms with E-state index in [1.165, 1.54) is 4.31 Å². The second kappa shape index (κ2) is 8.90. The zero-order chi connectivity index (χ0) is 25.7. The summed E-state index contributed by atoms with van der Waals surface area (Å²) >= 11 is 0. The molecule has 3 heterocycles. The van der Waals surface area contributed by atoms with Crippen molar-refractivity contribution < 1.29 is 23.1 Å². The fourth-order valence-corrected chi connectivity index (χ4v) is 6.76. The van der Waals surface area contributed by atoms with Crippen molar-refractivity contribution in [3.63, 3.8) is 0 Å². The number of carbonyl (C=O) groups excluding carboxylic acids is 1. The van der Waals surface area contributed by atoms with Crippen molar-refractivity contribution in [3.05, 3.63) is 83.2 Å². The Hall–Kier alpha value is -3.43. The lowest BCUT2D eigenvalue weighted by Gasteiger charge is -2.42. The zero-order valence-electron chi connectivity index (χ0n) is 20.2. The molecule has 1 aromatic heterocycles. The topological polar surface area (TPSA) is 123 Å². The van der Waals surface area contributed by atoms with E-state index in [1.807, 2.05) is 24.3 Å². The summed E-state index contributed by atoms with van der Waals surface area (Å²) in [7, 11) is -3.89. The number of rotatable bonds is 5. The van der Waals surface area contributed by atoms with Crippen LogP contribution in [0.15, 0.2) is 65.7 Å². The maximum Gasteiger partial charge on any atom is 0.264 e. The Balaban J connectivity index is 1.65. The van der Waals surface area contributed by atoms with Crippen LogP contribution >= 0.6 is 0 Å². The average Bonchev–Trinajstić information content (AvgIpc) is 2.84. The average molecular weight is 508 g/mol. The number of amides is 1. The molecule has 5 rings (SSSR count). The molecule has 0 unspecified atom stereocenters. The molecule has 2 aromatic carbocycles. The van der Waals surface area contributed by atoms with E-state index in [0.29, 0.717) is 34.8 Å². The summed E-state index contributed by atoms with van der Waals surface area (Å²) in [4.78, 5) is 16.3. The number of aliphatic hydroxyl groups is 1. The van der Waals surface area contributed by atoms with Crippen LogP contribution in [0.1, 0.15) is 48.6 Å². The van der Waals surface area contributed by atoms with Gasteiger partial charge >= 0.3 is 0 Å². The molecule has 0 radical (unpaired) electrons. The predicted molar refractivity (Wildman–Crippen MR) is 135 cm³/mol. The van der Waals surface area contributed by atoms with Gasteiger partial charge < -0.3 is 15.6 Å². The van der Waals surface area contributed by atoms with Crippen molar-refractivity contribution in [2.75, 3.05) is 10.8 Å². The van der Waals surface area contributed by atoms with E-state index < -0.39 is 33.6 Å². The highest BCUT2D eigenvalue weighted by Crippen LogP contribution is 2.46. The van der Waals surface area contributed by atoms with Crippen LogP contribution in [0.4, 0.5) is 5.69 Å². The van der Waals surface area contributed by atoms with Crippen molar-refractivity contribution in [1.29, 1.82) is 0 Å². The molecule has 2 aliphatic heterocycles. The van der Waals surface area contributed by atoms with E-state index in [9.17, 15) is 18.3 Å². The minimum atomic E-state index is -3.89. The van der Waals surface area contributed by atoms with Gasteiger partial charge in [0.2, 0.25) is 5.91 Å². The Morgan fingerprint density at radius 1 is 1.19 bits per heavy atom. The highest BCUT2D eigenvalue weighted by molar-refractivity contribution is 7.92. The molecule has 2 atom stereocenters. The van der Waals surface area contributed by atoms with Crippen LogP contribution in [-0.2, 0) is 27.7 Å². The molecule has 8 nitrogen and oxygen atoms in total. The smallest absolute Gasteiger partial charge is 0.264 e. The Morgan fingerprint density at radius 2 is 1.97 bits per heavy atom. The monoisotopic (exact) mass is 507 g/mol. The van der Waals surface area contributed by atoms with Gasteiger partial charge in [-0.3, -0.25) is 14.1 Å². The van der Waals surface area contributed by atoms with Crippen molar-refractivity contribution in [2.24, 2.45) is 5.73 Å². The van der Waals surface area contributed by atoms with Crippen LogP contribution in [0.3, 0.4) is 0 Å². The zero-order valence-corrected chi connectivity index (χ0v) is 21.0. The van der Waals surface area contributed by atoms with Crippen LogP contribution < -0.4 is 14.8 Å². The van der Waals surface area contributed by atoms with Gasteiger partial charge in [-0.1, -0.05) is 24.3 Å². The van der Waals surface area contributed by atoms with Crippen molar-refractivity contribution in [2.45, 2.75) is 55.6 Å². The first kappa shape index (κ1) is 24.3. The van der Waals surface area contributed by atoms with Gasteiger partial charge in [0.05, 0.1) is 28.6 Å². The van der Waals surface area contributed by atoms with Crippen LogP contribution in [0.2, 0.25) is 0 Å². The van der Waals surface area contributed by atoms with Gasteiger partial charge in [0, 0.05) is 18.3 Å². The Labute approximate surface area is 210 Å². The molecule has 188 valence electrons. The third kappa shape index (κ3) is 4.12. The number of aliphatic hydroxyl groups excluding tert-OH is 1. The fraction of sp³-hybridized carbons (Fsp3) is 0.333. The van der Waals surface area contributed by atoms with E-state index in [-0.39, 0.29) is 11.3 Å². The lowest BCUT2D eigenvalue weighted by Crippen LogP contribution is -2.49. The number of pyridine rings is 1. The Morgan fingerprint density at radius 3 is 2.75 bits per heavy atom. The molecule has 0 bridgehead atoms. The molecule has 0 saturated heterocycles. The number of primary amides is 1. The molecule has 0 spiro atoms. The number of anilines is 1. The third-order valence-corrected chi connectivity index (χ3v) is 8.77. The van der Waals surface area contributed by atoms with Crippen molar-refractivity contribution >= 4 is 21.6 Å². The predicted octanol–water partition coefficient (Wildman–Crippen LogP) is 2.91. The normalized spacial score (nSPS) is 20.7. The second-order valence-electron chi connectivity index (χ2n) is 9.83. The molecule has 36 heavy (non-hydrogen) atoms. The van der Waals surface area contributed by atoms with Crippen LogP contribution in [0.25, 0.3) is 0 Å². The molecule has 2 aliphatic rings. The number of carbonyl (C=O) groups is 1. The number of ether oxygens (including phenoxy) is 1. The lowest BCUT2D eigenvalue weighted by atomic mass is 9.78. The van der Waals surface area contributed by atoms with E-state index in [0.717, 1.165) is 18.4 Å². The number of benzene rings is 2. The van der Waals surface area contributed by atoms with Crippen LogP contribution in [0.5, 0.6) is 5.75 Å². The Kier molecular flexibility index (Phi) is 6.00. The molecule has 0 aliphatic carbocycles. The first-order chi connectivity index (χ1) is 17.1.